The molecule has 0 atom stereocenters. The Hall–Kier alpha value is -1.55. The molecule has 1 aliphatic heterocycles. The van der Waals surface area contributed by atoms with E-state index in [1.54, 1.807) is 12.1 Å². The van der Waals surface area contributed by atoms with Gasteiger partial charge in [-0.15, -0.1) is 0 Å². The predicted molar refractivity (Wildman–Crippen MR) is 60.4 cm³/mol. The van der Waals surface area contributed by atoms with Gasteiger partial charge in [-0.3, -0.25) is 9.59 Å². The first-order valence-electron chi connectivity index (χ1n) is 4.47. The fourth-order valence-electron chi connectivity index (χ4n) is 1.26. The minimum atomic E-state index is -0.0283. The van der Waals surface area contributed by atoms with Crippen molar-refractivity contribution in [2.75, 3.05) is 5.88 Å². The fraction of sp³-hybridized carbons (Fsp3) is 0.0909. The second-order valence-electron chi connectivity index (χ2n) is 3.09. The average molecular weight is 219 g/mol. The van der Waals surface area contributed by atoms with Crippen LogP contribution in [0, 0.1) is 0 Å². The van der Waals surface area contributed by atoms with Crippen molar-refractivity contribution in [3.63, 3.8) is 0 Å². The second-order valence-corrected chi connectivity index (χ2v) is 4.10. The minimum absolute atomic E-state index is 0.0283. The van der Waals surface area contributed by atoms with E-state index in [1.165, 1.54) is 11.8 Å². The van der Waals surface area contributed by atoms with E-state index < -0.39 is 0 Å². The van der Waals surface area contributed by atoms with Gasteiger partial charge in [0.15, 0.2) is 0 Å². The largest absolute Gasteiger partial charge is 0.342 e. The number of hydrogen-bond donors (Lipinski definition) is 1. The Kier molecular flexibility index (Phi) is 2.87. The molecule has 15 heavy (non-hydrogen) atoms. The smallest absolute Gasteiger partial charge is 0.258 e. The van der Waals surface area contributed by atoms with Crippen LogP contribution in [0.3, 0.4) is 0 Å². The van der Waals surface area contributed by atoms with Gasteiger partial charge in [-0.25, -0.2) is 0 Å². The van der Waals surface area contributed by atoms with Crippen molar-refractivity contribution in [3.05, 3.63) is 40.3 Å². The summed E-state index contributed by atoms with van der Waals surface area (Å²) in [7, 11) is 0. The van der Waals surface area contributed by atoms with Crippen LogP contribution in [-0.4, -0.2) is 18.1 Å². The standard InChI is InChI=1S/C11H9NO2S/c13-6-9-3-1-8(2-4-9)5-10-11(14)12-7-15-10/h1-6H,7H2,(H,12,14). The van der Waals surface area contributed by atoms with Crippen LogP contribution >= 0.6 is 11.8 Å². The molecule has 1 saturated heterocycles. The third-order valence-corrected chi connectivity index (χ3v) is 2.96. The number of nitrogens with one attached hydrogen (secondary N) is 1. The number of rotatable bonds is 2. The van der Waals surface area contributed by atoms with Crippen molar-refractivity contribution < 1.29 is 9.59 Å². The van der Waals surface area contributed by atoms with Gasteiger partial charge < -0.3 is 5.32 Å². The highest BCUT2D eigenvalue weighted by Crippen LogP contribution is 2.23. The zero-order chi connectivity index (χ0) is 10.7. The van der Waals surface area contributed by atoms with Crippen molar-refractivity contribution in [2.45, 2.75) is 0 Å². The highest BCUT2D eigenvalue weighted by atomic mass is 32.2. The lowest BCUT2D eigenvalue weighted by molar-refractivity contribution is -0.116. The van der Waals surface area contributed by atoms with E-state index in [4.69, 9.17) is 0 Å². The van der Waals surface area contributed by atoms with Crippen LogP contribution in [0.2, 0.25) is 0 Å². The van der Waals surface area contributed by atoms with Crippen molar-refractivity contribution in [1.82, 2.24) is 5.32 Å². The van der Waals surface area contributed by atoms with Crippen molar-refractivity contribution in [1.29, 1.82) is 0 Å². The number of benzene rings is 1. The topological polar surface area (TPSA) is 46.2 Å². The molecule has 0 radical (unpaired) electrons. The number of carbonyl (C=O) groups excluding carboxylic acids is 2. The Balaban J connectivity index is 2.23. The lowest BCUT2D eigenvalue weighted by Gasteiger charge is -1.95. The van der Waals surface area contributed by atoms with E-state index in [0.29, 0.717) is 16.3 Å². The molecule has 0 bridgehead atoms. The molecule has 1 fully saturated rings. The van der Waals surface area contributed by atoms with Gasteiger partial charge in [-0.05, 0) is 11.6 Å². The van der Waals surface area contributed by atoms with E-state index in [0.717, 1.165) is 11.8 Å². The van der Waals surface area contributed by atoms with Gasteiger partial charge in [-0.2, -0.15) is 0 Å². The highest BCUT2D eigenvalue weighted by Gasteiger charge is 2.16. The lowest BCUT2D eigenvalue weighted by atomic mass is 10.1. The molecule has 1 aromatic carbocycles. The maximum atomic E-state index is 11.2. The third-order valence-electron chi connectivity index (χ3n) is 2.05. The first-order chi connectivity index (χ1) is 7.29. The van der Waals surface area contributed by atoms with E-state index in [1.807, 2.05) is 18.2 Å². The Morgan fingerprint density at radius 1 is 1.20 bits per heavy atom. The molecule has 0 spiro atoms. The molecule has 3 nitrogen and oxygen atoms in total. The molecule has 1 aromatic rings. The zero-order valence-electron chi connectivity index (χ0n) is 7.90. The molecule has 76 valence electrons. The molecule has 0 aliphatic carbocycles. The maximum Gasteiger partial charge on any atom is 0.258 e. The Bertz CT molecular complexity index is 423. The number of amides is 1. The Morgan fingerprint density at radius 2 is 1.87 bits per heavy atom. The van der Waals surface area contributed by atoms with Crippen LogP contribution in [0.1, 0.15) is 15.9 Å². The third kappa shape index (κ3) is 2.27. The molecule has 0 unspecified atom stereocenters. The van der Waals surface area contributed by atoms with Gasteiger partial charge in [0.2, 0.25) is 0 Å². The Morgan fingerprint density at radius 3 is 2.40 bits per heavy atom. The molecule has 4 heteroatoms. The summed E-state index contributed by atoms with van der Waals surface area (Å²) < 4.78 is 0. The molecule has 2 rings (SSSR count). The summed E-state index contributed by atoms with van der Waals surface area (Å²) in [6, 6.07) is 7.11. The summed E-state index contributed by atoms with van der Waals surface area (Å²) >= 11 is 1.49. The van der Waals surface area contributed by atoms with E-state index >= 15 is 0 Å². The quantitative estimate of drug-likeness (QED) is 0.608. The molecule has 0 saturated carbocycles. The molecule has 1 amide bonds. The van der Waals surface area contributed by atoms with Crippen molar-refractivity contribution in [2.24, 2.45) is 0 Å². The number of thioether (sulfide) groups is 1. The lowest BCUT2D eigenvalue weighted by Crippen LogP contribution is -2.13. The summed E-state index contributed by atoms with van der Waals surface area (Å²) in [5.41, 5.74) is 1.57. The molecule has 1 heterocycles. The summed E-state index contributed by atoms with van der Waals surface area (Å²) in [5.74, 6) is 0.608. The molecular formula is C11H9NO2S. The van der Waals surface area contributed by atoms with Crippen LogP contribution < -0.4 is 5.32 Å². The van der Waals surface area contributed by atoms with Gasteiger partial charge in [0.25, 0.3) is 5.91 Å². The maximum absolute atomic E-state index is 11.2. The average Bonchev–Trinajstić information content (AvgIpc) is 2.66. The first-order valence-corrected chi connectivity index (χ1v) is 5.46. The predicted octanol–water partition coefficient (Wildman–Crippen LogP) is 1.66. The SMILES string of the molecule is O=Cc1ccc(C=C2SCNC2=O)cc1. The molecule has 1 aliphatic rings. The van der Waals surface area contributed by atoms with Gasteiger partial charge >= 0.3 is 0 Å². The summed E-state index contributed by atoms with van der Waals surface area (Å²) in [6.45, 7) is 0. The first kappa shape index (κ1) is 9.98. The highest BCUT2D eigenvalue weighted by molar-refractivity contribution is 8.04. The summed E-state index contributed by atoms with van der Waals surface area (Å²) in [5, 5.41) is 2.71. The summed E-state index contributed by atoms with van der Waals surface area (Å²) in [4.78, 5) is 22.4. The number of carbonyl (C=O) groups is 2. The van der Waals surface area contributed by atoms with Gasteiger partial charge in [0, 0.05) is 5.56 Å². The van der Waals surface area contributed by atoms with E-state index in [2.05, 4.69) is 5.32 Å². The van der Waals surface area contributed by atoms with Crippen LogP contribution in [0.25, 0.3) is 6.08 Å². The van der Waals surface area contributed by atoms with Gasteiger partial charge in [0.05, 0.1) is 10.8 Å². The molecule has 0 aromatic heterocycles. The summed E-state index contributed by atoms with van der Waals surface area (Å²) in [6.07, 6.45) is 2.62. The second kappa shape index (κ2) is 4.31. The fourth-order valence-corrected chi connectivity index (χ4v) is 2.04. The van der Waals surface area contributed by atoms with E-state index in [-0.39, 0.29) is 5.91 Å². The number of aldehydes is 1. The van der Waals surface area contributed by atoms with Gasteiger partial charge in [0.1, 0.15) is 6.29 Å². The monoisotopic (exact) mass is 219 g/mol. The minimum Gasteiger partial charge on any atom is -0.342 e. The van der Waals surface area contributed by atoms with Crippen LogP contribution in [-0.2, 0) is 4.79 Å². The van der Waals surface area contributed by atoms with Crippen LogP contribution in [0.15, 0.2) is 29.2 Å². The van der Waals surface area contributed by atoms with Gasteiger partial charge in [-0.1, -0.05) is 36.0 Å². The Labute approximate surface area is 91.6 Å². The molecular weight excluding hydrogens is 210 g/mol. The van der Waals surface area contributed by atoms with Crippen molar-refractivity contribution >= 4 is 30.0 Å². The van der Waals surface area contributed by atoms with E-state index in [9.17, 15) is 9.59 Å². The zero-order valence-corrected chi connectivity index (χ0v) is 8.71. The van der Waals surface area contributed by atoms with Crippen molar-refractivity contribution in [3.8, 4) is 0 Å². The van der Waals surface area contributed by atoms with Crippen LogP contribution in [0.5, 0.6) is 0 Å². The normalized spacial score (nSPS) is 17.9. The molecule has 1 N–H and O–H groups in total. The number of hydrogen-bond acceptors (Lipinski definition) is 3. The van der Waals surface area contributed by atoms with Crippen LogP contribution in [0.4, 0.5) is 0 Å².